The maximum Gasteiger partial charge on any atom is 0.433 e. The molecule has 5 rings (SSSR count). The van der Waals surface area contributed by atoms with Crippen molar-refractivity contribution in [3.05, 3.63) is 51.3 Å². The van der Waals surface area contributed by atoms with Crippen LogP contribution in [-0.4, -0.2) is 50.9 Å². The third-order valence-electron chi connectivity index (χ3n) is 10.2. The van der Waals surface area contributed by atoms with E-state index in [0.717, 1.165) is 10.9 Å². The second kappa shape index (κ2) is 11.6. The van der Waals surface area contributed by atoms with E-state index in [0.29, 0.717) is 37.5 Å². The number of esters is 1. The maximum absolute atomic E-state index is 14.7. The number of hydrogen-bond donors (Lipinski definition) is 1. The molecule has 43 heavy (non-hydrogen) atoms. The van der Waals surface area contributed by atoms with E-state index in [9.17, 15) is 27.9 Å². The van der Waals surface area contributed by atoms with Gasteiger partial charge in [-0.1, -0.05) is 43.1 Å². The Morgan fingerprint density at radius 3 is 2.26 bits per heavy atom. The normalized spacial score (nSPS) is 28.7. The molecule has 2 aromatic rings. The molecule has 0 saturated heterocycles. The number of alkyl halides is 3. The molecule has 12 heteroatoms. The molecule has 1 unspecified atom stereocenters. The van der Waals surface area contributed by atoms with Crippen LogP contribution in [0.2, 0.25) is 10.0 Å². The Bertz CT molecular complexity index is 1350. The summed E-state index contributed by atoms with van der Waals surface area (Å²) >= 11 is 12.6. The van der Waals surface area contributed by atoms with Gasteiger partial charge in [0.1, 0.15) is 0 Å². The Morgan fingerprint density at radius 1 is 1.14 bits per heavy atom. The van der Waals surface area contributed by atoms with Crippen LogP contribution in [0, 0.1) is 22.7 Å². The van der Waals surface area contributed by atoms with Crippen LogP contribution in [0.15, 0.2) is 24.4 Å². The monoisotopic (exact) mass is 643 g/mol. The number of hydrogen-bond acceptors (Lipinski definition) is 5. The standard InChI is InChI=1S/C31H38Cl2F3N3O4/c1-5-43-28(42)30(4)11-9-17(10-12-30)39-26(31(34,35)36)19(15-37-39)27(41)38(18-13-20-21(14-18)29(20,2)3)16-24(40)25-22(32)7-6-8-23(25)33/h6-8,15,17-18,20-21,24,40H,5,9-14,16H2,1-4H3/t17?,18-,20+,21-,24?,30?. The topological polar surface area (TPSA) is 84.7 Å². The van der Waals surface area contributed by atoms with Crippen molar-refractivity contribution < 1.29 is 32.6 Å². The zero-order valence-corrected chi connectivity index (χ0v) is 26.3. The molecule has 0 bridgehead atoms. The van der Waals surface area contributed by atoms with Crippen LogP contribution >= 0.6 is 23.2 Å². The first kappa shape index (κ1) is 32.1. The smallest absolute Gasteiger partial charge is 0.433 e. The zero-order valence-electron chi connectivity index (χ0n) is 24.8. The highest BCUT2D eigenvalue weighted by Gasteiger charge is 2.63. The lowest BCUT2D eigenvalue weighted by Crippen LogP contribution is -2.43. The number of benzene rings is 1. The fourth-order valence-electron chi connectivity index (χ4n) is 7.46. The van der Waals surface area contributed by atoms with E-state index in [1.54, 1.807) is 32.0 Å². The lowest BCUT2D eigenvalue weighted by atomic mass is 9.74. The van der Waals surface area contributed by atoms with Gasteiger partial charge in [0.05, 0.1) is 42.5 Å². The van der Waals surface area contributed by atoms with Crippen molar-refractivity contribution in [3.8, 4) is 0 Å². The summed E-state index contributed by atoms with van der Waals surface area (Å²) < 4.78 is 50.2. The fraction of sp³-hybridized carbons (Fsp3) is 0.645. The molecule has 0 spiro atoms. The second-order valence-corrected chi connectivity index (χ2v) is 13.9. The quantitative estimate of drug-likeness (QED) is 0.301. The molecule has 236 valence electrons. The summed E-state index contributed by atoms with van der Waals surface area (Å²) in [6, 6.07) is 3.77. The molecule has 1 amide bonds. The van der Waals surface area contributed by atoms with Crippen LogP contribution in [0.3, 0.4) is 0 Å². The van der Waals surface area contributed by atoms with Gasteiger partial charge in [0.25, 0.3) is 5.91 Å². The van der Waals surface area contributed by atoms with Crippen LogP contribution in [0.4, 0.5) is 13.2 Å². The maximum atomic E-state index is 14.7. The largest absolute Gasteiger partial charge is 0.466 e. The molecule has 7 nitrogen and oxygen atoms in total. The molecule has 1 N–H and O–H groups in total. The first-order chi connectivity index (χ1) is 20.1. The fourth-order valence-corrected chi connectivity index (χ4v) is 8.11. The van der Waals surface area contributed by atoms with E-state index in [-0.39, 0.29) is 59.0 Å². The van der Waals surface area contributed by atoms with Crippen molar-refractivity contribution in [2.24, 2.45) is 22.7 Å². The Labute approximate surface area is 259 Å². The molecule has 3 aliphatic rings. The van der Waals surface area contributed by atoms with E-state index < -0.39 is 40.9 Å². The minimum absolute atomic E-state index is 0.122. The molecule has 1 aromatic carbocycles. The van der Waals surface area contributed by atoms with Gasteiger partial charge in [-0.3, -0.25) is 14.3 Å². The number of halogens is 5. The average Bonchev–Trinajstić information content (AvgIpc) is 3.36. The molecule has 1 aromatic heterocycles. The zero-order chi connectivity index (χ0) is 31.5. The number of nitrogens with zero attached hydrogens (tertiary/aromatic N) is 3. The van der Waals surface area contributed by atoms with E-state index >= 15 is 0 Å². The predicted molar refractivity (Wildman–Crippen MR) is 156 cm³/mol. The first-order valence-electron chi connectivity index (χ1n) is 14.8. The van der Waals surface area contributed by atoms with E-state index in [4.69, 9.17) is 27.9 Å². The molecule has 0 radical (unpaired) electrons. The highest BCUT2D eigenvalue weighted by molar-refractivity contribution is 6.36. The van der Waals surface area contributed by atoms with Crippen molar-refractivity contribution in [2.75, 3.05) is 13.2 Å². The van der Waals surface area contributed by atoms with Gasteiger partial charge in [0.15, 0.2) is 5.69 Å². The van der Waals surface area contributed by atoms with Gasteiger partial charge in [-0.15, -0.1) is 0 Å². The number of ether oxygens (including phenoxy) is 1. The number of rotatable bonds is 8. The Kier molecular flexibility index (Phi) is 8.64. The lowest BCUT2D eigenvalue weighted by Gasteiger charge is -2.36. The van der Waals surface area contributed by atoms with Crippen molar-refractivity contribution in [1.29, 1.82) is 0 Å². The summed E-state index contributed by atoms with van der Waals surface area (Å²) in [5.41, 5.74) is -2.09. The van der Waals surface area contributed by atoms with Crippen molar-refractivity contribution in [3.63, 3.8) is 0 Å². The van der Waals surface area contributed by atoms with Crippen molar-refractivity contribution in [1.82, 2.24) is 14.7 Å². The number of aliphatic hydroxyl groups excluding tert-OH is 1. The van der Waals surface area contributed by atoms with Crippen LogP contribution in [0.5, 0.6) is 0 Å². The minimum atomic E-state index is -4.86. The molecular formula is C31H38Cl2F3N3O4. The van der Waals surface area contributed by atoms with Gasteiger partial charge < -0.3 is 14.7 Å². The first-order valence-corrected chi connectivity index (χ1v) is 15.6. The summed E-state index contributed by atoms with van der Waals surface area (Å²) in [5, 5.41) is 15.7. The number of carbonyl (C=O) groups excluding carboxylic acids is 2. The van der Waals surface area contributed by atoms with E-state index in [2.05, 4.69) is 18.9 Å². The summed E-state index contributed by atoms with van der Waals surface area (Å²) in [7, 11) is 0. The van der Waals surface area contributed by atoms with Crippen LogP contribution in [-0.2, 0) is 15.7 Å². The third kappa shape index (κ3) is 5.91. The predicted octanol–water partition coefficient (Wildman–Crippen LogP) is 7.50. The minimum Gasteiger partial charge on any atom is -0.466 e. The third-order valence-corrected chi connectivity index (χ3v) is 10.9. The summed E-state index contributed by atoms with van der Waals surface area (Å²) in [5.74, 6) is -0.479. The molecule has 3 fully saturated rings. The van der Waals surface area contributed by atoms with Gasteiger partial charge in [-0.25, -0.2) is 0 Å². The van der Waals surface area contributed by atoms with E-state index in [1.807, 2.05) is 0 Å². The van der Waals surface area contributed by atoms with Gasteiger partial charge >= 0.3 is 12.1 Å². The van der Waals surface area contributed by atoms with Gasteiger partial charge in [0, 0.05) is 21.7 Å². The number of amides is 1. The summed E-state index contributed by atoms with van der Waals surface area (Å²) in [6.07, 6.45) is -2.66. The highest BCUT2D eigenvalue weighted by atomic mass is 35.5. The van der Waals surface area contributed by atoms with Crippen LogP contribution < -0.4 is 0 Å². The van der Waals surface area contributed by atoms with Crippen LogP contribution in [0.25, 0.3) is 0 Å². The Balaban J connectivity index is 1.45. The Hall–Kier alpha value is -2.30. The van der Waals surface area contributed by atoms with Gasteiger partial charge in [-0.2, -0.15) is 18.3 Å². The van der Waals surface area contributed by atoms with E-state index in [1.165, 1.54) is 4.90 Å². The van der Waals surface area contributed by atoms with Crippen molar-refractivity contribution >= 4 is 35.1 Å². The molecule has 3 saturated carbocycles. The summed E-state index contributed by atoms with van der Waals surface area (Å²) in [6.45, 7) is 7.76. The molecule has 3 aliphatic carbocycles. The molecule has 4 atom stereocenters. The van der Waals surface area contributed by atoms with Crippen molar-refractivity contribution in [2.45, 2.75) is 90.6 Å². The number of fused-ring (bicyclic) bond motifs is 1. The van der Waals surface area contributed by atoms with Gasteiger partial charge in [0.2, 0.25) is 0 Å². The molecule has 1 heterocycles. The SMILES string of the molecule is CCOC(=O)C1(C)CCC(n2ncc(C(=O)N(CC(O)c3c(Cl)cccc3Cl)[C@H]3C[C@@H]4[C@H](C3)C4(C)C)c2C(F)(F)F)CC1. The Morgan fingerprint density at radius 2 is 1.72 bits per heavy atom. The number of carbonyl (C=O) groups is 2. The second-order valence-electron chi connectivity index (χ2n) is 13.1. The summed E-state index contributed by atoms with van der Waals surface area (Å²) in [4.78, 5) is 27.9. The number of aliphatic hydroxyl groups is 1. The van der Waals surface area contributed by atoms with Gasteiger partial charge in [-0.05, 0) is 81.8 Å². The van der Waals surface area contributed by atoms with Crippen LogP contribution in [0.1, 0.15) is 100.0 Å². The molecule has 0 aliphatic heterocycles. The highest BCUT2D eigenvalue weighted by Crippen LogP contribution is 2.67. The average molecular weight is 645 g/mol. The molecular weight excluding hydrogens is 606 g/mol. The number of aromatic nitrogens is 2. The lowest BCUT2D eigenvalue weighted by molar-refractivity contribution is -0.157.